The van der Waals surface area contributed by atoms with Crippen LogP contribution in [-0.4, -0.2) is 41.5 Å². The molecule has 0 atom stereocenters. The molecule has 0 bridgehead atoms. The van der Waals surface area contributed by atoms with Crippen molar-refractivity contribution >= 4 is 45.7 Å². The van der Waals surface area contributed by atoms with Gasteiger partial charge in [0.25, 0.3) is 0 Å². The molecule has 0 saturated heterocycles. The molecule has 2 heterocycles. The van der Waals surface area contributed by atoms with E-state index >= 15 is 0 Å². The van der Waals surface area contributed by atoms with Gasteiger partial charge in [-0.05, 0) is 62.6 Å². The molecule has 1 aliphatic rings. The summed E-state index contributed by atoms with van der Waals surface area (Å²) in [5.74, 6) is 1.19. The molecule has 172 valence electrons. The Bertz CT molecular complexity index is 1130. The summed E-state index contributed by atoms with van der Waals surface area (Å²) in [5.41, 5.74) is 4.04. The first kappa shape index (κ1) is 23.3. The van der Waals surface area contributed by atoms with Gasteiger partial charge in [-0.2, -0.15) is 0 Å². The van der Waals surface area contributed by atoms with Crippen molar-refractivity contribution in [2.45, 2.75) is 26.7 Å². The lowest BCUT2D eigenvalue weighted by Gasteiger charge is -2.29. The van der Waals surface area contributed by atoms with Gasteiger partial charge in [0.1, 0.15) is 5.75 Å². The summed E-state index contributed by atoms with van der Waals surface area (Å²) in [6.07, 6.45) is 1.97. The summed E-state index contributed by atoms with van der Waals surface area (Å²) in [6, 6.07) is 15.8. The highest BCUT2D eigenvalue weighted by Gasteiger charge is 2.22. The summed E-state index contributed by atoms with van der Waals surface area (Å²) in [5, 5.41) is 3.44. The van der Waals surface area contributed by atoms with E-state index in [1.807, 2.05) is 61.2 Å². The Morgan fingerprint density at radius 2 is 1.94 bits per heavy atom. The van der Waals surface area contributed by atoms with Gasteiger partial charge < -0.3 is 15.0 Å². The van der Waals surface area contributed by atoms with Gasteiger partial charge in [-0.3, -0.25) is 9.59 Å². The van der Waals surface area contributed by atoms with E-state index in [2.05, 4.69) is 16.4 Å². The van der Waals surface area contributed by atoms with Gasteiger partial charge in [-0.1, -0.05) is 18.2 Å². The van der Waals surface area contributed by atoms with E-state index in [0.29, 0.717) is 11.7 Å². The molecule has 0 spiro atoms. The second-order valence-corrected chi connectivity index (χ2v) is 9.89. The fourth-order valence-corrected chi connectivity index (χ4v) is 5.39. The monoisotopic (exact) mass is 481 g/mol. The quantitative estimate of drug-likeness (QED) is 0.481. The highest BCUT2D eigenvalue weighted by Crippen LogP contribution is 2.31. The SMILES string of the molecule is CCOc1ccc(-c2nc(NC(=O)CSCC(=O)N3CCCc4ccccc43)sc2C)cc1. The van der Waals surface area contributed by atoms with Gasteiger partial charge in [-0.25, -0.2) is 4.98 Å². The molecule has 1 aliphatic heterocycles. The minimum Gasteiger partial charge on any atom is -0.494 e. The number of rotatable bonds is 8. The molecule has 33 heavy (non-hydrogen) atoms. The topological polar surface area (TPSA) is 71.5 Å². The minimum absolute atomic E-state index is 0.0443. The molecule has 4 rings (SSSR count). The van der Waals surface area contributed by atoms with Crippen molar-refractivity contribution in [1.82, 2.24) is 4.98 Å². The fraction of sp³-hybridized carbons (Fsp3) is 0.320. The first-order valence-corrected chi connectivity index (χ1v) is 13.0. The molecule has 2 amide bonds. The van der Waals surface area contributed by atoms with Crippen molar-refractivity contribution in [2.24, 2.45) is 0 Å². The molecule has 8 heteroatoms. The number of carbonyl (C=O) groups is 2. The van der Waals surface area contributed by atoms with Crippen molar-refractivity contribution in [2.75, 3.05) is 34.9 Å². The maximum absolute atomic E-state index is 12.7. The summed E-state index contributed by atoms with van der Waals surface area (Å²) in [6.45, 7) is 5.30. The van der Waals surface area contributed by atoms with Crippen molar-refractivity contribution in [3.8, 4) is 17.0 Å². The molecule has 0 aliphatic carbocycles. The van der Waals surface area contributed by atoms with Crippen LogP contribution < -0.4 is 15.0 Å². The smallest absolute Gasteiger partial charge is 0.236 e. The number of hydrogen-bond acceptors (Lipinski definition) is 6. The molecule has 6 nitrogen and oxygen atoms in total. The summed E-state index contributed by atoms with van der Waals surface area (Å²) in [7, 11) is 0. The van der Waals surface area contributed by atoms with Gasteiger partial charge in [0, 0.05) is 22.7 Å². The molecule has 2 aromatic carbocycles. The van der Waals surface area contributed by atoms with Crippen LogP contribution in [0.25, 0.3) is 11.3 Å². The highest BCUT2D eigenvalue weighted by molar-refractivity contribution is 8.00. The third-order valence-corrected chi connectivity index (χ3v) is 7.16. The summed E-state index contributed by atoms with van der Waals surface area (Å²) in [4.78, 5) is 32.6. The first-order valence-electron chi connectivity index (χ1n) is 11.0. The second-order valence-electron chi connectivity index (χ2n) is 7.70. The number of aromatic nitrogens is 1. The number of hydrogen-bond donors (Lipinski definition) is 1. The summed E-state index contributed by atoms with van der Waals surface area (Å²) >= 11 is 2.78. The van der Waals surface area contributed by atoms with E-state index < -0.39 is 0 Å². The fourth-order valence-electron chi connectivity index (χ4n) is 3.85. The molecule has 1 N–H and O–H groups in total. The van der Waals surface area contributed by atoms with Crippen LogP contribution in [0.2, 0.25) is 0 Å². The Morgan fingerprint density at radius 3 is 2.73 bits per heavy atom. The van der Waals surface area contributed by atoms with Crippen LogP contribution in [0.3, 0.4) is 0 Å². The third-order valence-electron chi connectivity index (χ3n) is 5.35. The van der Waals surface area contributed by atoms with Crippen LogP contribution in [0, 0.1) is 6.92 Å². The highest BCUT2D eigenvalue weighted by atomic mass is 32.2. The van der Waals surface area contributed by atoms with Crippen molar-refractivity contribution in [3.63, 3.8) is 0 Å². The predicted molar refractivity (Wildman–Crippen MR) is 137 cm³/mol. The maximum atomic E-state index is 12.7. The van der Waals surface area contributed by atoms with E-state index in [4.69, 9.17) is 4.74 Å². The number of amides is 2. The Labute approximate surface area is 202 Å². The number of para-hydroxylation sites is 1. The number of thioether (sulfide) groups is 1. The van der Waals surface area contributed by atoms with Gasteiger partial charge in [0.2, 0.25) is 11.8 Å². The van der Waals surface area contributed by atoms with Crippen molar-refractivity contribution < 1.29 is 14.3 Å². The number of carbonyl (C=O) groups excluding carboxylic acids is 2. The van der Waals surface area contributed by atoms with Crippen molar-refractivity contribution in [1.29, 1.82) is 0 Å². The number of aryl methyl sites for hydroxylation is 2. The zero-order valence-corrected chi connectivity index (χ0v) is 20.4. The molecule has 3 aromatic rings. The number of anilines is 2. The van der Waals surface area contributed by atoms with E-state index in [0.717, 1.165) is 47.0 Å². The zero-order chi connectivity index (χ0) is 23.2. The van der Waals surface area contributed by atoms with Crippen LogP contribution in [0.5, 0.6) is 5.75 Å². The molecular formula is C25H27N3O3S2. The Kier molecular flexibility index (Phi) is 7.67. The van der Waals surface area contributed by atoms with Gasteiger partial charge in [0.05, 0.1) is 23.8 Å². The van der Waals surface area contributed by atoms with Crippen LogP contribution in [0.4, 0.5) is 10.8 Å². The maximum Gasteiger partial charge on any atom is 0.236 e. The Balaban J connectivity index is 1.29. The van der Waals surface area contributed by atoms with Crippen molar-refractivity contribution in [3.05, 3.63) is 59.0 Å². The minimum atomic E-state index is -0.154. The predicted octanol–water partition coefficient (Wildman–Crippen LogP) is 5.17. The third kappa shape index (κ3) is 5.75. The van der Waals surface area contributed by atoms with Crippen LogP contribution in [0.15, 0.2) is 48.5 Å². The average molecular weight is 482 g/mol. The number of nitrogens with one attached hydrogen (secondary N) is 1. The lowest BCUT2D eigenvalue weighted by atomic mass is 10.0. The standard InChI is InChI=1S/C25H27N3O3S2/c1-3-31-20-12-10-19(11-13-20)24-17(2)33-25(27-24)26-22(29)15-32-16-23(30)28-14-6-8-18-7-4-5-9-21(18)28/h4-5,7,9-13H,3,6,8,14-16H2,1-2H3,(H,26,27,29). The van der Waals surface area contributed by atoms with Gasteiger partial charge >= 0.3 is 0 Å². The van der Waals surface area contributed by atoms with Gasteiger partial charge in [-0.15, -0.1) is 23.1 Å². The van der Waals surface area contributed by atoms with E-state index in [-0.39, 0.29) is 23.3 Å². The van der Waals surface area contributed by atoms with E-state index in [1.54, 1.807) is 0 Å². The van der Waals surface area contributed by atoms with Crippen LogP contribution in [-0.2, 0) is 16.0 Å². The Morgan fingerprint density at radius 1 is 1.15 bits per heavy atom. The van der Waals surface area contributed by atoms with E-state index in [9.17, 15) is 9.59 Å². The lowest BCUT2D eigenvalue weighted by Crippen LogP contribution is -2.36. The summed E-state index contributed by atoms with van der Waals surface area (Å²) < 4.78 is 5.49. The molecular weight excluding hydrogens is 454 g/mol. The second kappa shape index (κ2) is 10.9. The molecule has 0 fully saturated rings. The molecule has 1 aromatic heterocycles. The normalized spacial score (nSPS) is 12.8. The van der Waals surface area contributed by atoms with Crippen LogP contribution in [0.1, 0.15) is 23.8 Å². The number of fused-ring (bicyclic) bond motifs is 1. The molecule has 0 radical (unpaired) electrons. The number of nitrogens with zero attached hydrogens (tertiary/aromatic N) is 2. The largest absolute Gasteiger partial charge is 0.494 e. The number of benzene rings is 2. The average Bonchev–Trinajstić information content (AvgIpc) is 3.19. The van der Waals surface area contributed by atoms with Crippen LogP contribution >= 0.6 is 23.1 Å². The Hall–Kier alpha value is -2.84. The van der Waals surface area contributed by atoms with E-state index in [1.165, 1.54) is 28.7 Å². The van der Waals surface area contributed by atoms with Gasteiger partial charge in [0.15, 0.2) is 5.13 Å². The number of ether oxygens (including phenoxy) is 1. The first-order chi connectivity index (χ1) is 16.0. The molecule has 0 unspecified atom stereocenters. The lowest BCUT2D eigenvalue weighted by molar-refractivity contribution is -0.116. The zero-order valence-electron chi connectivity index (χ0n) is 18.8. The number of thiazole rings is 1. The molecule has 0 saturated carbocycles.